The largest absolute Gasteiger partial charge is 3.00 e. The third kappa shape index (κ3) is 19300. The number of carbonyl (C=O) groups is 9. The third-order valence-corrected chi connectivity index (χ3v) is 0.125. The second kappa shape index (κ2) is 97.0. The van der Waals surface area contributed by atoms with Crippen LogP contribution in [0.15, 0.2) is 0 Å². The Bertz CT molecular complexity index is 478. The van der Waals surface area contributed by atoms with E-state index in [1.54, 1.807) is 0 Å². The molecule has 0 rings (SSSR count). The average Bonchev–Trinajstić information content (AvgIpc) is 2.56. The summed E-state index contributed by atoms with van der Waals surface area (Å²) in [6, 6.07) is 0. The summed E-state index contributed by atoms with van der Waals surface area (Å²) in [6.45, 7) is 9.22. The normalized spacial score (nSPS) is 5.67. The fourth-order valence-corrected chi connectivity index (χ4v) is 0. The third-order valence-electron chi connectivity index (χ3n) is 0.125. The minimum Gasteiger partial charge on any atom is -0.679 e. The molecular weight excluding hydrogens is 794 g/mol. The first-order valence-corrected chi connectivity index (χ1v) is 9.38. The van der Waals surface area contributed by atoms with Gasteiger partial charge in [-0.1, -0.05) is 0 Å². The summed E-state index contributed by atoms with van der Waals surface area (Å²) in [7, 11) is 0. The van der Waals surface area contributed by atoms with Crippen molar-refractivity contribution in [2.75, 3.05) is 13.1 Å². The zero-order valence-electron chi connectivity index (χ0n) is 25.7. The molecule has 272 valence electrons. The Morgan fingerprint density at radius 2 is 0.356 bits per heavy atom. The monoisotopic (exact) mass is 831 g/mol. The van der Waals surface area contributed by atoms with E-state index in [0.29, 0.717) is 0 Å². The number of rotatable bonds is 1. The number of carboxylic acids is 9. The smallest absolute Gasteiger partial charge is 0.679 e. The van der Waals surface area contributed by atoms with Crippen molar-refractivity contribution >= 4 is 53.7 Å². The van der Waals surface area contributed by atoms with Gasteiger partial charge in [-0.3, -0.25) is 0 Å². The van der Waals surface area contributed by atoms with Gasteiger partial charge in [-0.05, 0) is 62.3 Å². The van der Waals surface area contributed by atoms with Crippen molar-refractivity contribution < 1.29 is 157 Å². The standard InChI is InChI=1S/C2H6N2.9C2H4O2.4Fe.H3N/c3-1-2-4;9*1-2(3)4;;;;;/h3-4H,1-2H2;9*1H3,(H,3,4);;;;;1H3/q-2;;;;;;;;;;2*+2;2*+3;/p-8. The molecule has 0 unspecified atom stereocenters. The summed E-state index contributed by atoms with van der Waals surface area (Å²) in [6.07, 6.45) is 0. The molecule has 0 amide bonds. The van der Waals surface area contributed by atoms with Crippen LogP contribution in [0, 0.1) is 0 Å². The first kappa shape index (κ1) is 96.8. The van der Waals surface area contributed by atoms with Gasteiger partial charge in [0, 0.05) is 53.7 Å². The van der Waals surface area contributed by atoms with Crippen LogP contribution < -0.4 is 52.1 Å². The fourth-order valence-electron chi connectivity index (χ4n) is 0. The second-order valence-electron chi connectivity index (χ2n) is 4.92. The summed E-state index contributed by atoms with van der Waals surface area (Å²) in [5.41, 5.74) is 12.5. The first-order valence-electron chi connectivity index (χ1n) is 9.38. The molecule has 6 N–H and O–H groups in total. The maximum absolute atomic E-state index is 8.89. The molecule has 0 bridgehead atoms. The van der Waals surface area contributed by atoms with Crippen LogP contribution in [0.5, 0.6) is 0 Å². The molecule has 0 aliphatic carbocycles. The Labute approximate surface area is 303 Å². The molecule has 0 heterocycles. The summed E-state index contributed by atoms with van der Waals surface area (Å²) < 4.78 is 0. The zero-order chi connectivity index (χ0) is 35.6. The maximum Gasteiger partial charge on any atom is 3.00 e. The van der Waals surface area contributed by atoms with E-state index >= 15 is 0 Å². The molecule has 0 spiro atoms. The van der Waals surface area contributed by atoms with Gasteiger partial charge in [-0.25, -0.2) is 0 Å². The fraction of sp³-hybridized carbons (Fsp3) is 0.550. The summed E-state index contributed by atoms with van der Waals surface area (Å²) in [5.74, 6) is -9.75. The van der Waals surface area contributed by atoms with Crippen LogP contribution in [0.25, 0.3) is 11.5 Å². The van der Waals surface area contributed by atoms with Gasteiger partial charge in [-0.2, -0.15) is 13.1 Å². The topological polar surface area (TPSA) is 445 Å². The van der Waals surface area contributed by atoms with Gasteiger partial charge in [0.15, 0.2) is 0 Å². The van der Waals surface area contributed by atoms with Crippen molar-refractivity contribution in [3.05, 3.63) is 11.5 Å². The molecular formula is C20H37Fe4N3O18. The zero-order valence-corrected chi connectivity index (χ0v) is 30.1. The molecule has 0 aliphatic heterocycles. The number of hydrogen-bond acceptors (Lipinski definition) is 18. The van der Waals surface area contributed by atoms with Crippen LogP contribution in [-0.2, 0) is 111 Å². The molecule has 2 radical (unpaired) electrons. The van der Waals surface area contributed by atoms with E-state index in [0.717, 1.165) is 62.3 Å². The van der Waals surface area contributed by atoms with Gasteiger partial charge in [0.1, 0.15) is 0 Å². The molecule has 0 fully saturated rings. The number of nitrogens with one attached hydrogen (secondary N) is 2. The molecule has 0 saturated heterocycles. The van der Waals surface area contributed by atoms with Crippen molar-refractivity contribution in [1.29, 1.82) is 0 Å². The van der Waals surface area contributed by atoms with Gasteiger partial charge < -0.3 is 107 Å². The van der Waals surface area contributed by atoms with Gasteiger partial charge >= 0.3 is 68.3 Å². The molecule has 0 aromatic heterocycles. The van der Waals surface area contributed by atoms with Gasteiger partial charge in [-0.15, -0.1) is 0 Å². The Morgan fingerprint density at radius 1 is 0.333 bits per heavy atom. The van der Waals surface area contributed by atoms with Crippen molar-refractivity contribution in [3.63, 3.8) is 0 Å². The van der Waals surface area contributed by atoms with E-state index in [1.165, 1.54) is 0 Å². The predicted molar refractivity (Wildman–Crippen MR) is 120 cm³/mol. The Kier molecular flexibility index (Phi) is 209. The van der Waals surface area contributed by atoms with Crippen molar-refractivity contribution in [3.8, 4) is 0 Å². The van der Waals surface area contributed by atoms with Crippen molar-refractivity contribution in [2.24, 2.45) is 0 Å². The van der Waals surface area contributed by atoms with E-state index in [4.69, 9.17) is 101 Å². The second-order valence-corrected chi connectivity index (χ2v) is 4.92. The number of quaternary nitrogens is 1. The summed E-state index contributed by atoms with van der Waals surface area (Å²) >= 11 is 0. The summed E-state index contributed by atoms with van der Waals surface area (Å²) in [4.78, 5) is 80.0. The van der Waals surface area contributed by atoms with E-state index < -0.39 is 53.7 Å². The SMILES string of the molecule is CC(=O)[O-].CC(=O)[O-].CC(=O)[O-].CC(=O)[O-].CC(=O)[O-].CC(=O)[O-].CC(=O)[O-].CC(=O)[O-].CC(=O)[O-].[Fe+2].[Fe+2].[Fe+3].[Fe+3].[NH-]CC[NH-].[NH4+]. The minimum atomic E-state index is -1.08. The summed E-state index contributed by atoms with van der Waals surface area (Å²) in [5, 5.41) is 80.0. The van der Waals surface area contributed by atoms with Gasteiger partial charge in [0.2, 0.25) is 0 Å². The average molecular weight is 831 g/mol. The van der Waals surface area contributed by atoms with Gasteiger partial charge in [0.05, 0.1) is 0 Å². The number of aliphatic carboxylic acids is 9. The van der Waals surface area contributed by atoms with E-state index in [2.05, 4.69) is 0 Å². The molecule has 45 heavy (non-hydrogen) atoms. The van der Waals surface area contributed by atoms with Crippen molar-refractivity contribution in [1.82, 2.24) is 6.15 Å². The molecule has 0 saturated carbocycles. The van der Waals surface area contributed by atoms with Crippen LogP contribution >= 0.6 is 0 Å². The number of carboxylic acid groups (broad SMARTS) is 9. The predicted octanol–water partition coefficient (Wildman–Crippen LogP) is -9.74. The molecule has 0 aromatic rings. The van der Waals surface area contributed by atoms with E-state index in [-0.39, 0.29) is 87.5 Å². The molecule has 0 aromatic carbocycles. The van der Waals surface area contributed by atoms with E-state index in [9.17, 15) is 0 Å². The molecule has 0 atom stereocenters. The van der Waals surface area contributed by atoms with Crippen LogP contribution in [-0.4, -0.2) is 66.8 Å². The molecule has 0 aliphatic rings. The van der Waals surface area contributed by atoms with Crippen molar-refractivity contribution in [2.45, 2.75) is 62.3 Å². The maximum atomic E-state index is 8.89. The van der Waals surface area contributed by atoms with Crippen LogP contribution in [0.3, 0.4) is 0 Å². The quantitative estimate of drug-likeness (QED) is 0.240. The van der Waals surface area contributed by atoms with Crippen LogP contribution in [0.2, 0.25) is 0 Å². The number of hydrogen-bond donors (Lipinski definition) is 1. The Balaban J connectivity index is -0.0000000169. The first-order chi connectivity index (χ1) is 17.5. The molecule has 25 heteroatoms. The van der Waals surface area contributed by atoms with E-state index in [1.807, 2.05) is 0 Å². The van der Waals surface area contributed by atoms with Crippen LogP contribution in [0.4, 0.5) is 0 Å². The Hall–Kier alpha value is -2.81. The molecule has 21 nitrogen and oxygen atoms in total. The Morgan fingerprint density at radius 3 is 0.356 bits per heavy atom. The minimum absolute atomic E-state index is 0. The van der Waals surface area contributed by atoms with Gasteiger partial charge in [0.25, 0.3) is 0 Å². The van der Waals surface area contributed by atoms with Crippen LogP contribution in [0.1, 0.15) is 62.3 Å². The number of carbonyl (C=O) groups excluding carboxylic acids is 9.